The van der Waals surface area contributed by atoms with Gasteiger partial charge in [-0.2, -0.15) is 0 Å². The van der Waals surface area contributed by atoms with Gasteiger partial charge in [-0.15, -0.1) is 0 Å². The molecule has 2 atom stereocenters. The van der Waals surface area contributed by atoms with Crippen molar-refractivity contribution < 1.29 is 19.0 Å². The van der Waals surface area contributed by atoms with E-state index in [0.717, 1.165) is 6.42 Å². The Bertz CT molecular complexity index is 587. The van der Waals surface area contributed by atoms with Gasteiger partial charge in [0, 0.05) is 24.9 Å². The lowest BCUT2D eigenvalue weighted by molar-refractivity contribution is -0.127. The average molecular weight is 348 g/mol. The number of carbonyl (C=O) groups excluding carboxylic acids is 1. The van der Waals surface area contributed by atoms with E-state index < -0.39 is 6.10 Å². The van der Waals surface area contributed by atoms with Crippen LogP contribution in [0.1, 0.15) is 38.5 Å². The van der Waals surface area contributed by atoms with Crippen LogP contribution in [0.2, 0.25) is 0 Å². The number of methoxy groups -OCH3 is 1. The number of ether oxygens (including phenoxy) is 3. The fraction of sp³-hybridized carbons (Fsp3) is 0.632. The zero-order valence-corrected chi connectivity index (χ0v) is 14.8. The molecule has 0 saturated heterocycles. The number of benzene rings is 1. The van der Waals surface area contributed by atoms with Gasteiger partial charge in [0.2, 0.25) is 0 Å². The number of fused-ring (bicyclic) bond motifs is 1. The Hall–Kier alpha value is -1.79. The second-order valence-electron chi connectivity index (χ2n) is 6.91. The van der Waals surface area contributed by atoms with E-state index in [2.05, 4.69) is 5.32 Å². The smallest absolute Gasteiger partial charge is 0.255 e. The SMILES string of the molecule is COC(C(=O)Nc1ccc2c(c1)OCCO2)C(N)CC1CCCCC1. The van der Waals surface area contributed by atoms with E-state index in [-0.39, 0.29) is 11.9 Å². The van der Waals surface area contributed by atoms with E-state index in [0.29, 0.717) is 36.3 Å². The van der Waals surface area contributed by atoms with Gasteiger partial charge in [0.25, 0.3) is 5.91 Å². The predicted octanol–water partition coefficient (Wildman–Crippen LogP) is 2.71. The lowest BCUT2D eigenvalue weighted by Crippen LogP contribution is -2.45. The molecule has 1 aliphatic heterocycles. The van der Waals surface area contributed by atoms with Crippen molar-refractivity contribution >= 4 is 11.6 Å². The van der Waals surface area contributed by atoms with E-state index in [1.165, 1.54) is 39.2 Å². The first-order valence-corrected chi connectivity index (χ1v) is 9.16. The van der Waals surface area contributed by atoms with E-state index >= 15 is 0 Å². The summed E-state index contributed by atoms with van der Waals surface area (Å²) in [7, 11) is 1.54. The van der Waals surface area contributed by atoms with Gasteiger partial charge in [-0.05, 0) is 24.5 Å². The first-order valence-electron chi connectivity index (χ1n) is 9.16. The number of hydrogen-bond acceptors (Lipinski definition) is 5. The molecular formula is C19H28N2O4. The highest BCUT2D eigenvalue weighted by molar-refractivity contribution is 5.95. The fourth-order valence-electron chi connectivity index (χ4n) is 3.74. The van der Waals surface area contributed by atoms with Gasteiger partial charge in [0.05, 0.1) is 0 Å². The molecular weight excluding hydrogens is 320 g/mol. The maximum atomic E-state index is 12.6. The minimum absolute atomic E-state index is 0.220. The molecule has 6 nitrogen and oxygen atoms in total. The molecule has 2 unspecified atom stereocenters. The van der Waals surface area contributed by atoms with Crippen LogP contribution in [0.4, 0.5) is 5.69 Å². The van der Waals surface area contributed by atoms with Crippen LogP contribution in [0, 0.1) is 5.92 Å². The van der Waals surface area contributed by atoms with Crippen LogP contribution in [0.15, 0.2) is 18.2 Å². The van der Waals surface area contributed by atoms with Gasteiger partial charge in [-0.1, -0.05) is 32.1 Å². The van der Waals surface area contributed by atoms with Gasteiger partial charge in [-0.25, -0.2) is 0 Å². The van der Waals surface area contributed by atoms with Crippen LogP contribution in [0.25, 0.3) is 0 Å². The molecule has 2 aliphatic rings. The third kappa shape index (κ3) is 4.64. The molecule has 138 valence electrons. The normalized spacial score (nSPS) is 19.9. The highest BCUT2D eigenvalue weighted by Gasteiger charge is 2.28. The van der Waals surface area contributed by atoms with Crippen LogP contribution in [0.3, 0.4) is 0 Å². The average Bonchev–Trinajstić information content (AvgIpc) is 2.63. The Labute approximate surface area is 149 Å². The fourth-order valence-corrected chi connectivity index (χ4v) is 3.74. The van der Waals surface area contributed by atoms with Crippen molar-refractivity contribution in [1.29, 1.82) is 0 Å². The summed E-state index contributed by atoms with van der Waals surface area (Å²) >= 11 is 0. The largest absolute Gasteiger partial charge is 0.486 e. The summed E-state index contributed by atoms with van der Waals surface area (Å²) in [6.07, 6.45) is 6.41. The van der Waals surface area contributed by atoms with Crippen molar-refractivity contribution in [2.24, 2.45) is 11.7 Å². The van der Waals surface area contributed by atoms with Gasteiger partial charge >= 0.3 is 0 Å². The van der Waals surface area contributed by atoms with Crippen molar-refractivity contribution in [3.8, 4) is 11.5 Å². The molecule has 3 N–H and O–H groups in total. The topological polar surface area (TPSA) is 82.8 Å². The molecule has 1 aliphatic carbocycles. The summed E-state index contributed by atoms with van der Waals surface area (Å²) in [5, 5.41) is 2.88. The molecule has 25 heavy (non-hydrogen) atoms. The Morgan fingerprint density at radius 2 is 1.96 bits per heavy atom. The molecule has 0 spiro atoms. The molecule has 6 heteroatoms. The van der Waals surface area contributed by atoms with Crippen molar-refractivity contribution in [2.45, 2.75) is 50.7 Å². The lowest BCUT2D eigenvalue weighted by atomic mass is 9.84. The number of rotatable bonds is 6. The standard InChI is InChI=1S/C19H28N2O4/c1-23-18(15(20)11-13-5-3-2-4-6-13)19(22)21-14-7-8-16-17(12-14)25-10-9-24-16/h7-8,12-13,15,18H,2-6,9-11,20H2,1H3,(H,21,22). The van der Waals surface area contributed by atoms with E-state index in [9.17, 15) is 4.79 Å². The van der Waals surface area contributed by atoms with Crippen molar-refractivity contribution in [2.75, 3.05) is 25.6 Å². The zero-order valence-electron chi connectivity index (χ0n) is 14.8. The van der Waals surface area contributed by atoms with Gasteiger partial charge < -0.3 is 25.3 Å². The molecule has 1 heterocycles. The maximum absolute atomic E-state index is 12.6. The number of amides is 1. The summed E-state index contributed by atoms with van der Waals surface area (Å²) < 4.78 is 16.4. The van der Waals surface area contributed by atoms with Crippen LogP contribution in [0.5, 0.6) is 11.5 Å². The van der Waals surface area contributed by atoms with Crippen LogP contribution >= 0.6 is 0 Å². The van der Waals surface area contributed by atoms with Crippen LogP contribution < -0.4 is 20.5 Å². The van der Waals surface area contributed by atoms with E-state index in [4.69, 9.17) is 19.9 Å². The number of anilines is 1. The van der Waals surface area contributed by atoms with Gasteiger partial charge in [0.15, 0.2) is 17.6 Å². The minimum atomic E-state index is -0.657. The third-order valence-corrected chi connectivity index (χ3v) is 5.04. The molecule has 0 radical (unpaired) electrons. The molecule has 0 bridgehead atoms. The molecule has 1 aromatic carbocycles. The second-order valence-corrected chi connectivity index (χ2v) is 6.91. The second kappa shape index (κ2) is 8.54. The van der Waals surface area contributed by atoms with Crippen LogP contribution in [-0.2, 0) is 9.53 Å². The first-order chi connectivity index (χ1) is 12.2. The zero-order chi connectivity index (χ0) is 17.6. The molecule has 1 aromatic rings. The number of hydrogen-bond donors (Lipinski definition) is 2. The molecule has 1 fully saturated rings. The quantitative estimate of drug-likeness (QED) is 0.826. The monoisotopic (exact) mass is 348 g/mol. The molecule has 0 aromatic heterocycles. The summed E-state index contributed by atoms with van der Waals surface area (Å²) in [6, 6.07) is 5.06. The summed E-state index contributed by atoms with van der Waals surface area (Å²) in [5.41, 5.74) is 6.95. The summed E-state index contributed by atoms with van der Waals surface area (Å²) in [6.45, 7) is 1.05. The maximum Gasteiger partial charge on any atom is 0.255 e. The number of nitrogens with two attached hydrogens (primary N) is 1. The van der Waals surface area contributed by atoms with E-state index in [1.54, 1.807) is 18.2 Å². The lowest BCUT2D eigenvalue weighted by Gasteiger charge is -2.28. The number of carbonyl (C=O) groups is 1. The highest BCUT2D eigenvalue weighted by atomic mass is 16.6. The summed E-state index contributed by atoms with van der Waals surface area (Å²) in [5.74, 6) is 1.72. The van der Waals surface area contributed by atoms with E-state index in [1.807, 2.05) is 0 Å². The number of nitrogens with one attached hydrogen (secondary N) is 1. The van der Waals surface area contributed by atoms with Crippen molar-refractivity contribution in [3.05, 3.63) is 18.2 Å². The Balaban J connectivity index is 1.59. The van der Waals surface area contributed by atoms with Crippen LogP contribution in [-0.4, -0.2) is 38.4 Å². The summed E-state index contributed by atoms with van der Waals surface area (Å²) in [4.78, 5) is 12.6. The van der Waals surface area contributed by atoms with Crippen molar-refractivity contribution in [1.82, 2.24) is 0 Å². The first kappa shape index (κ1) is 18.0. The molecule has 1 saturated carbocycles. The van der Waals surface area contributed by atoms with Crippen molar-refractivity contribution in [3.63, 3.8) is 0 Å². The predicted molar refractivity (Wildman–Crippen MR) is 96.0 cm³/mol. The Kier molecular flexibility index (Phi) is 6.15. The Morgan fingerprint density at radius 3 is 2.68 bits per heavy atom. The third-order valence-electron chi connectivity index (χ3n) is 5.04. The molecule has 3 rings (SSSR count). The minimum Gasteiger partial charge on any atom is -0.486 e. The van der Waals surface area contributed by atoms with Gasteiger partial charge in [0.1, 0.15) is 13.2 Å². The Morgan fingerprint density at radius 1 is 1.24 bits per heavy atom. The highest BCUT2D eigenvalue weighted by Crippen LogP contribution is 2.33. The molecule has 1 amide bonds. The van der Waals surface area contributed by atoms with Gasteiger partial charge in [-0.3, -0.25) is 4.79 Å².